The summed E-state index contributed by atoms with van der Waals surface area (Å²) in [6.07, 6.45) is 3.41. The van der Waals surface area contributed by atoms with Crippen LogP contribution in [0.2, 0.25) is 5.02 Å². The van der Waals surface area contributed by atoms with Crippen LogP contribution in [0.4, 0.5) is 0 Å². The Labute approximate surface area is 116 Å². The molecule has 0 radical (unpaired) electrons. The third-order valence-electron chi connectivity index (χ3n) is 3.37. The molecule has 0 N–H and O–H groups in total. The normalized spacial score (nSPS) is 17.1. The molecule has 3 rings (SSSR count). The molecule has 4 heteroatoms. The molecule has 0 fully saturated rings. The van der Waals surface area contributed by atoms with Gasteiger partial charge in [0.15, 0.2) is 0 Å². The molecule has 2 aromatic rings. The maximum absolute atomic E-state index is 6.01. The van der Waals surface area contributed by atoms with E-state index in [1.165, 1.54) is 10.3 Å². The van der Waals surface area contributed by atoms with Gasteiger partial charge in [-0.3, -0.25) is 4.90 Å². The number of aromatic nitrogens is 1. The molecule has 1 aliphatic heterocycles. The van der Waals surface area contributed by atoms with E-state index in [4.69, 9.17) is 16.6 Å². The molecule has 1 aliphatic rings. The van der Waals surface area contributed by atoms with E-state index in [1.807, 2.05) is 18.2 Å². The van der Waals surface area contributed by atoms with Crippen molar-refractivity contribution in [3.8, 4) is 0 Å². The maximum Gasteiger partial charge on any atom is 0.120 e. The quantitative estimate of drug-likeness (QED) is 0.824. The SMILES string of the molecule is CCN1CC=C(c2nc3ccc(Cl)cc3s2)CC1. The molecule has 0 bridgehead atoms. The molecule has 0 atom stereocenters. The van der Waals surface area contributed by atoms with Crippen molar-refractivity contribution in [2.75, 3.05) is 19.6 Å². The Hall–Kier alpha value is -0.900. The smallest absolute Gasteiger partial charge is 0.120 e. The fourth-order valence-corrected chi connectivity index (χ4v) is 3.54. The first-order chi connectivity index (χ1) is 8.76. The summed E-state index contributed by atoms with van der Waals surface area (Å²) in [7, 11) is 0. The van der Waals surface area contributed by atoms with Gasteiger partial charge in [0, 0.05) is 18.1 Å². The van der Waals surface area contributed by atoms with Crippen molar-refractivity contribution in [2.45, 2.75) is 13.3 Å². The van der Waals surface area contributed by atoms with Gasteiger partial charge in [-0.25, -0.2) is 4.98 Å². The molecular weight excluding hydrogens is 264 g/mol. The lowest BCUT2D eigenvalue weighted by molar-refractivity contribution is 0.318. The van der Waals surface area contributed by atoms with Crippen LogP contribution in [0.5, 0.6) is 0 Å². The minimum absolute atomic E-state index is 0.785. The molecular formula is C14H15ClN2S. The van der Waals surface area contributed by atoms with Crippen LogP contribution in [0.15, 0.2) is 24.3 Å². The van der Waals surface area contributed by atoms with Crippen LogP contribution in [-0.2, 0) is 0 Å². The zero-order valence-corrected chi connectivity index (χ0v) is 11.9. The van der Waals surface area contributed by atoms with Crippen molar-refractivity contribution in [3.05, 3.63) is 34.3 Å². The summed E-state index contributed by atoms with van der Waals surface area (Å²) in [4.78, 5) is 7.14. The van der Waals surface area contributed by atoms with Gasteiger partial charge in [0.2, 0.25) is 0 Å². The highest BCUT2D eigenvalue weighted by Crippen LogP contribution is 2.31. The second-order valence-electron chi connectivity index (χ2n) is 4.50. The van der Waals surface area contributed by atoms with E-state index in [0.29, 0.717) is 0 Å². The van der Waals surface area contributed by atoms with Gasteiger partial charge in [-0.2, -0.15) is 0 Å². The summed E-state index contributed by atoms with van der Waals surface area (Å²) in [5, 5.41) is 1.94. The van der Waals surface area contributed by atoms with Crippen molar-refractivity contribution < 1.29 is 0 Å². The number of thiazole rings is 1. The average Bonchev–Trinajstić information content (AvgIpc) is 2.81. The highest BCUT2D eigenvalue weighted by atomic mass is 35.5. The Morgan fingerprint density at radius 2 is 2.33 bits per heavy atom. The number of halogens is 1. The number of benzene rings is 1. The largest absolute Gasteiger partial charge is 0.300 e. The number of rotatable bonds is 2. The molecule has 0 spiro atoms. The van der Waals surface area contributed by atoms with Crippen molar-refractivity contribution in [2.24, 2.45) is 0 Å². The predicted octanol–water partition coefficient (Wildman–Crippen LogP) is 4.06. The van der Waals surface area contributed by atoms with Crippen LogP contribution in [0, 0.1) is 0 Å². The number of fused-ring (bicyclic) bond motifs is 1. The molecule has 2 heterocycles. The predicted molar refractivity (Wildman–Crippen MR) is 79.3 cm³/mol. The molecule has 1 aromatic heterocycles. The molecule has 0 amide bonds. The molecule has 0 unspecified atom stereocenters. The fourth-order valence-electron chi connectivity index (χ4n) is 2.23. The van der Waals surface area contributed by atoms with Gasteiger partial charge >= 0.3 is 0 Å². The number of nitrogens with zero attached hydrogens (tertiary/aromatic N) is 2. The second-order valence-corrected chi connectivity index (χ2v) is 5.97. The van der Waals surface area contributed by atoms with Gasteiger partial charge in [0.25, 0.3) is 0 Å². The fraction of sp³-hybridized carbons (Fsp3) is 0.357. The molecule has 94 valence electrons. The van der Waals surface area contributed by atoms with Gasteiger partial charge in [-0.1, -0.05) is 24.6 Å². The van der Waals surface area contributed by atoms with E-state index in [2.05, 4.69) is 17.9 Å². The first kappa shape index (κ1) is 12.2. The van der Waals surface area contributed by atoms with Crippen LogP contribution >= 0.6 is 22.9 Å². The molecule has 0 saturated carbocycles. The summed E-state index contributed by atoms with van der Waals surface area (Å²) in [6.45, 7) is 5.51. The number of hydrogen-bond acceptors (Lipinski definition) is 3. The number of likely N-dealkylation sites (N-methyl/N-ethyl adjacent to an activating group) is 1. The topological polar surface area (TPSA) is 16.1 Å². The zero-order chi connectivity index (χ0) is 12.5. The molecule has 0 aliphatic carbocycles. The van der Waals surface area contributed by atoms with Crippen LogP contribution in [-0.4, -0.2) is 29.5 Å². The lowest BCUT2D eigenvalue weighted by Gasteiger charge is -2.23. The van der Waals surface area contributed by atoms with E-state index in [9.17, 15) is 0 Å². The Balaban J connectivity index is 1.93. The Bertz CT molecular complexity index is 603. The van der Waals surface area contributed by atoms with Gasteiger partial charge in [-0.15, -0.1) is 11.3 Å². The third kappa shape index (κ3) is 2.30. The van der Waals surface area contributed by atoms with E-state index in [0.717, 1.165) is 41.6 Å². The maximum atomic E-state index is 6.01. The van der Waals surface area contributed by atoms with Crippen LogP contribution in [0.1, 0.15) is 18.4 Å². The Kier molecular flexibility index (Phi) is 3.37. The van der Waals surface area contributed by atoms with Gasteiger partial charge in [0.1, 0.15) is 5.01 Å². The summed E-state index contributed by atoms with van der Waals surface area (Å²) in [5.74, 6) is 0. The van der Waals surface area contributed by atoms with Crippen molar-refractivity contribution in [3.63, 3.8) is 0 Å². The highest BCUT2D eigenvalue weighted by molar-refractivity contribution is 7.19. The Morgan fingerprint density at radius 3 is 3.06 bits per heavy atom. The highest BCUT2D eigenvalue weighted by Gasteiger charge is 2.14. The van der Waals surface area contributed by atoms with E-state index in [1.54, 1.807) is 11.3 Å². The van der Waals surface area contributed by atoms with Crippen molar-refractivity contribution >= 4 is 38.7 Å². The van der Waals surface area contributed by atoms with Gasteiger partial charge in [0.05, 0.1) is 10.2 Å². The second kappa shape index (κ2) is 5.00. The first-order valence-corrected chi connectivity index (χ1v) is 7.43. The van der Waals surface area contributed by atoms with E-state index in [-0.39, 0.29) is 0 Å². The number of hydrogen-bond donors (Lipinski definition) is 0. The summed E-state index contributed by atoms with van der Waals surface area (Å²) in [6, 6.07) is 5.90. The van der Waals surface area contributed by atoms with Crippen LogP contribution < -0.4 is 0 Å². The lowest BCUT2D eigenvalue weighted by Crippen LogP contribution is -2.27. The van der Waals surface area contributed by atoms with Crippen LogP contribution in [0.3, 0.4) is 0 Å². The summed E-state index contributed by atoms with van der Waals surface area (Å²) < 4.78 is 1.18. The summed E-state index contributed by atoms with van der Waals surface area (Å²) >= 11 is 7.75. The van der Waals surface area contributed by atoms with Crippen molar-refractivity contribution in [1.29, 1.82) is 0 Å². The van der Waals surface area contributed by atoms with E-state index >= 15 is 0 Å². The molecule has 1 aromatic carbocycles. The molecule has 0 saturated heterocycles. The third-order valence-corrected chi connectivity index (χ3v) is 4.69. The Morgan fingerprint density at radius 1 is 1.44 bits per heavy atom. The minimum atomic E-state index is 0.785. The van der Waals surface area contributed by atoms with Crippen molar-refractivity contribution in [1.82, 2.24) is 9.88 Å². The molecule has 2 nitrogen and oxygen atoms in total. The van der Waals surface area contributed by atoms with Crippen LogP contribution in [0.25, 0.3) is 15.8 Å². The lowest BCUT2D eigenvalue weighted by atomic mass is 10.1. The first-order valence-electron chi connectivity index (χ1n) is 6.24. The van der Waals surface area contributed by atoms with E-state index < -0.39 is 0 Å². The summed E-state index contributed by atoms with van der Waals surface area (Å²) in [5.41, 5.74) is 2.44. The monoisotopic (exact) mass is 278 g/mol. The van der Waals surface area contributed by atoms with Gasteiger partial charge < -0.3 is 0 Å². The molecule has 18 heavy (non-hydrogen) atoms. The van der Waals surface area contributed by atoms with Gasteiger partial charge in [-0.05, 0) is 36.7 Å². The average molecular weight is 279 g/mol. The standard InChI is InChI=1S/C14H15ClN2S/c1-2-17-7-5-10(6-8-17)14-16-12-4-3-11(15)9-13(12)18-14/h3-5,9H,2,6-8H2,1H3. The zero-order valence-electron chi connectivity index (χ0n) is 10.3. The minimum Gasteiger partial charge on any atom is -0.300 e.